The molecule has 9 nitrogen and oxygen atoms in total. The third-order valence-electron chi connectivity index (χ3n) is 7.64. The monoisotopic (exact) mass is 594 g/mol. The smallest absolute Gasteiger partial charge is 0.326 e. The molecule has 0 radical (unpaired) electrons. The number of nitriles is 1. The summed E-state index contributed by atoms with van der Waals surface area (Å²) in [7, 11) is 0. The molecule has 9 heteroatoms. The molecule has 0 saturated heterocycles. The quantitative estimate of drug-likeness (QED) is 0.198. The highest BCUT2D eigenvalue weighted by molar-refractivity contribution is 5.78. The molecule has 1 atom stereocenters. The Morgan fingerprint density at radius 2 is 1.75 bits per heavy atom. The van der Waals surface area contributed by atoms with Gasteiger partial charge in [0.2, 0.25) is 0 Å². The molecule has 5 rings (SSSR count). The van der Waals surface area contributed by atoms with Crippen molar-refractivity contribution in [1.82, 2.24) is 5.32 Å². The van der Waals surface area contributed by atoms with E-state index >= 15 is 0 Å². The Bertz CT molecular complexity index is 1700. The number of ether oxygens (including phenoxy) is 4. The van der Waals surface area contributed by atoms with Gasteiger partial charge in [-0.1, -0.05) is 42.5 Å². The lowest BCUT2D eigenvalue weighted by atomic mass is 9.96. The molecule has 1 aliphatic rings. The predicted octanol–water partition coefficient (Wildman–Crippen LogP) is 5.39. The van der Waals surface area contributed by atoms with Crippen molar-refractivity contribution >= 4 is 5.97 Å². The van der Waals surface area contributed by atoms with Gasteiger partial charge in [-0.05, 0) is 72.0 Å². The molecule has 1 heterocycles. The van der Waals surface area contributed by atoms with Gasteiger partial charge < -0.3 is 29.2 Å². The Kier molecular flexibility index (Phi) is 9.34. The second-order valence-electron chi connectivity index (χ2n) is 10.8. The number of nitrogens with one attached hydrogen (secondary N) is 1. The molecule has 0 aromatic heterocycles. The zero-order valence-electron chi connectivity index (χ0n) is 24.6. The fourth-order valence-electron chi connectivity index (χ4n) is 4.81. The summed E-state index contributed by atoms with van der Waals surface area (Å²) in [5.74, 6) is 1.38. The van der Waals surface area contributed by atoms with Crippen molar-refractivity contribution in [3.63, 3.8) is 0 Å². The van der Waals surface area contributed by atoms with Crippen LogP contribution in [0.3, 0.4) is 0 Å². The van der Waals surface area contributed by atoms with Crippen LogP contribution in [-0.4, -0.2) is 41.5 Å². The van der Waals surface area contributed by atoms with Crippen molar-refractivity contribution in [2.24, 2.45) is 0 Å². The molecule has 226 valence electrons. The van der Waals surface area contributed by atoms with Crippen LogP contribution in [-0.2, 0) is 24.6 Å². The second-order valence-corrected chi connectivity index (χ2v) is 10.8. The van der Waals surface area contributed by atoms with Gasteiger partial charge in [0.1, 0.15) is 43.5 Å². The molecule has 0 unspecified atom stereocenters. The third-order valence-corrected chi connectivity index (χ3v) is 7.64. The van der Waals surface area contributed by atoms with Gasteiger partial charge in [0, 0.05) is 18.2 Å². The molecule has 0 amide bonds. The van der Waals surface area contributed by atoms with Crippen molar-refractivity contribution in [3.8, 4) is 40.2 Å². The summed E-state index contributed by atoms with van der Waals surface area (Å²) in [5.41, 5.74) is 4.69. The third kappa shape index (κ3) is 6.94. The van der Waals surface area contributed by atoms with E-state index in [1.807, 2.05) is 42.5 Å². The molecular formula is C35H34N2O7. The van der Waals surface area contributed by atoms with Crippen LogP contribution in [0.15, 0.2) is 78.9 Å². The Morgan fingerprint density at radius 1 is 0.955 bits per heavy atom. The number of aliphatic hydroxyl groups excluding tert-OH is 1. The largest absolute Gasteiger partial charge is 0.489 e. The lowest BCUT2D eigenvalue weighted by Gasteiger charge is -2.24. The minimum Gasteiger partial charge on any atom is -0.489 e. The standard InChI is InChI=1S/C35H34N2O7/c1-23-28(7-4-8-30(23)26-10-12-31-33(16-26)42-14-13-41-31)21-43-29-11-9-27(19-37-35(2,22-38)34(39)40)32(17-29)44-20-25-6-3-5-24(15-25)18-36/h3-12,15-17,37-38H,13-14,19-22H2,1-2H3,(H,39,40)/t35-/m1/s1. The SMILES string of the molecule is Cc1c(COc2ccc(CN[C@](C)(CO)C(=O)O)c(OCc3cccc(C#N)c3)c2)cccc1-c1ccc2c(c1)OCCO2. The number of aliphatic carboxylic acids is 1. The predicted molar refractivity (Wildman–Crippen MR) is 164 cm³/mol. The van der Waals surface area contributed by atoms with Crippen molar-refractivity contribution in [1.29, 1.82) is 5.26 Å². The van der Waals surface area contributed by atoms with Crippen LogP contribution in [0, 0.1) is 18.3 Å². The Balaban J connectivity index is 1.35. The lowest BCUT2D eigenvalue weighted by Crippen LogP contribution is -2.52. The first-order valence-corrected chi connectivity index (χ1v) is 14.2. The van der Waals surface area contributed by atoms with Gasteiger partial charge in [0.05, 0.1) is 18.2 Å². The van der Waals surface area contributed by atoms with E-state index in [4.69, 9.17) is 18.9 Å². The molecule has 1 aliphatic heterocycles. The first-order chi connectivity index (χ1) is 21.3. The Morgan fingerprint density at radius 3 is 2.52 bits per heavy atom. The Hall–Kier alpha value is -5.04. The summed E-state index contributed by atoms with van der Waals surface area (Å²) in [6, 6.07) is 26.7. The molecule has 0 aliphatic carbocycles. The van der Waals surface area contributed by atoms with E-state index in [9.17, 15) is 20.3 Å². The summed E-state index contributed by atoms with van der Waals surface area (Å²) in [6.45, 7) is 4.61. The van der Waals surface area contributed by atoms with Crippen LogP contribution in [0.1, 0.15) is 34.7 Å². The maximum atomic E-state index is 11.7. The zero-order valence-corrected chi connectivity index (χ0v) is 24.6. The molecular weight excluding hydrogens is 560 g/mol. The molecule has 0 spiro atoms. The van der Waals surface area contributed by atoms with E-state index in [1.54, 1.807) is 30.3 Å². The number of benzene rings is 4. The van der Waals surface area contributed by atoms with Crippen LogP contribution in [0.5, 0.6) is 23.0 Å². The second kappa shape index (κ2) is 13.5. The summed E-state index contributed by atoms with van der Waals surface area (Å²) in [6.07, 6.45) is 0. The zero-order chi connectivity index (χ0) is 31.1. The highest BCUT2D eigenvalue weighted by atomic mass is 16.6. The van der Waals surface area contributed by atoms with Gasteiger partial charge in [-0.3, -0.25) is 10.1 Å². The van der Waals surface area contributed by atoms with E-state index < -0.39 is 18.1 Å². The number of hydrogen-bond acceptors (Lipinski definition) is 8. The molecule has 0 saturated carbocycles. The van der Waals surface area contributed by atoms with E-state index in [0.29, 0.717) is 42.4 Å². The number of aliphatic hydroxyl groups is 1. The van der Waals surface area contributed by atoms with Gasteiger partial charge in [-0.15, -0.1) is 0 Å². The summed E-state index contributed by atoms with van der Waals surface area (Å²) in [4.78, 5) is 11.7. The first kappa shape index (κ1) is 30.4. The maximum Gasteiger partial charge on any atom is 0.326 e. The number of carboxylic acid groups (broad SMARTS) is 1. The number of nitrogens with zero attached hydrogens (tertiary/aromatic N) is 1. The summed E-state index contributed by atoms with van der Waals surface area (Å²) < 4.78 is 23.8. The van der Waals surface area contributed by atoms with E-state index in [0.717, 1.165) is 39.3 Å². The lowest BCUT2D eigenvalue weighted by molar-refractivity contribution is -0.145. The van der Waals surface area contributed by atoms with Gasteiger partial charge in [0.25, 0.3) is 0 Å². The van der Waals surface area contributed by atoms with Crippen molar-refractivity contribution in [2.75, 3.05) is 19.8 Å². The molecule has 3 N–H and O–H groups in total. The molecule has 44 heavy (non-hydrogen) atoms. The van der Waals surface area contributed by atoms with Gasteiger partial charge in [-0.25, -0.2) is 0 Å². The summed E-state index contributed by atoms with van der Waals surface area (Å²) in [5, 5.41) is 31.4. The number of carboxylic acids is 1. The van der Waals surface area contributed by atoms with E-state index in [-0.39, 0.29) is 13.2 Å². The minimum absolute atomic E-state index is 0.133. The van der Waals surface area contributed by atoms with Crippen molar-refractivity contribution in [2.45, 2.75) is 39.1 Å². The van der Waals surface area contributed by atoms with Gasteiger partial charge >= 0.3 is 5.97 Å². The van der Waals surface area contributed by atoms with Crippen molar-refractivity contribution < 1.29 is 34.0 Å². The number of rotatable bonds is 12. The normalized spacial score (nSPS) is 13.4. The van der Waals surface area contributed by atoms with Gasteiger partial charge in [0.15, 0.2) is 11.5 Å². The molecule has 0 fully saturated rings. The fourth-order valence-corrected chi connectivity index (χ4v) is 4.81. The molecule has 4 aromatic carbocycles. The van der Waals surface area contributed by atoms with Crippen molar-refractivity contribution in [3.05, 3.63) is 107 Å². The topological polar surface area (TPSA) is 130 Å². The average molecular weight is 595 g/mol. The highest BCUT2D eigenvalue weighted by Gasteiger charge is 2.32. The first-order valence-electron chi connectivity index (χ1n) is 14.2. The van der Waals surface area contributed by atoms with Crippen LogP contribution in [0.2, 0.25) is 0 Å². The highest BCUT2D eigenvalue weighted by Crippen LogP contribution is 2.36. The van der Waals surface area contributed by atoms with E-state index in [2.05, 4.69) is 24.4 Å². The van der Waals surface area contributed by atoms with Crippen LogP contribution in [0.25, 0.3) is 11.1 Å². The van der Waals surface area contributed by atoms with Crippen LogP contribution < -0.4 is 24.3 Å². The fraction of sp³-hybridized carbons (Fsp3) is 0.257. The van der Waals surface area contributed by atoms with E-state index in [1.165, 1.54) is 6.92 Å². The van der Waals surface area contributed by atoms with Crippen LogP contribution >= 0.6 is 0 Å². The molecule has 0 bridgehead atoms. The minimum atomic E-state index is -1.52. The van der Waals surface area contributed by atoms with Gasteiger partial charge in [-0.2, -0.15) is 5.26 Å². The average Bonchev–Trinajstić information content (AvgIpc) is 3.06. The number of hydrogen-bond donors (Lipinski definition) is 3. The van der Waals surface area contributed by atoms with Crippen LogP contribution in [0.4, 0.5) is 0 Å². The number of fused-ring (bicyclic) bond motifs is 1. The number of carbonyl (C=O) groups is 1. The maximum absolute atomic E-state index is 11.7. The summed E-state index contributed by atoms with van der Waals surface area (Å²) >= 11 is 0. The Labute approximate surface area is 256 Å². The molecule has 4 aromatic rings.